The topological polar surface area (TPSA) is 91.8 Å². The molecule has 1 aliphatic rings. The monoisotopic (exact) mass is 415 g/mol. The molecule has 0 aliphatic heterocycles. The number of fused-ring (bicyclic) bond motifs is 1. The number of pyridine rings is 1. The van der Waals surface area contributed by atoms with E-state index >= 15 is 0 Å². The average molecular weight is 416 g/mol. The molecule has 0 saturated heterocycles. The summed E-state index contributed by atoms with van der Waals surface area (Å²) >= 11 is 1.64. The van der Waals surface area contributed by atoms with Gasteiger partial charge in [-0.05, 0) is 43.5 Å². The second kappa shape index (κ2) is 7.50. The molecule has 30 heavy (non-hydrogen) atoms. The molecule has 4 aromatic rings. The largest absolute Gasteiger partial charge is 0.382 e. The van der Waals surface area contributed by atoms with Gasteiger partial charge in [0.1, 0.15) is 11.1 Å². The summed E-state index contributed by atoms with van der Waals surface area (Å²) in [6.45, 7) is 4.34. The van der Waals surface area contributed by atoms with E-state index in [1.807, 2.05) is 28.9 Å². The maximum Gasteiger partial charge on any atom is 0.151 e. The number of rotatable bonds is 6. The molecule has 1 aliphatic carbocycles. The molecule has 0 amide bonds. The van der Waals surface area contributed by atoms with E-state index in [0.717, 1.165) is 44.6 Å². The second-order valence-corrected chi connectivity index (χ2v) is 8.71. The van der Waals surface area contributed by atoms with Crippen LogP contribution >= 0.6 is 11.3 Å². The Hall–Kier alpha value is -3.31. The van der Waals surface area contributed by atoms with Crippen molar-refractivity contribution in [2.24, 2.45) is 0 Å². The smallest absolute Gasteiger partial charge is 0.151 e. The Kier molecular flexibility index (Phi) is 4.68. The van der Waals surface area contributed by atoms with Crippen LogP contribution in [0.5, 0.6) is 0 Å². The van der Waals surface area contributed by atoms with Gasteiger partial charge < -0.3 is 5.32 Å². The first-order valence-electron chi connectivity index (χ1n) is 10.1. The Morgan fingerprint density at radius 3 is 2.90 bits per heavy atom. The first-order chi connectivity index (χ1) is 14.7. The zero-order valence-corrected chi connectivity index (χ0v) is 17.6. The highest BCUT2D eigenvalue weighted by Crippen LogP contribution is 2.37. The summed E-state index contributed by atoms with van der Waals surface area (Å²) in [7, 11) is 0. The maximum atomic E-state index is 9.11. The van der Waals surface area contributed by atoms with E-state index in [2.05, 4.69) is 46.6 Å². The molecule has 1 N–H and O–H groups in total. The molecular weight excluding hydrogens is 394 g/mol. The van der Waals surface area contributed by atoms with Gasteiger partial charge in [0, 0.05) is 23.8 Å². The number of anilines is 1. The minimum Gasteiger partial charge on any atom is -0.382 e. The van der Waals surface area contributed by atoms with Crippen molar-refractivity contribution in [3.63, 3.8) is 0 Å². The Morgan fingerprint density at radius 2 is 2.13 bits per heavy atom. The van der Waals surface area contributed by atoms with Gasteiger partial charge >= 0.3 is 0 Å². The summed E-state index contributed by atoms with van der Waals surface area (Å²) in [5.41, 5.74) is 5.13. The second-order valence-electron chi connectivity index (χ2n) is 7.70. The molecular formula is C22H21N7S. The SMILES string of the molecule is CCC(C)c1nnc(-c2cnc(-c3ccc4cc(C#N)cnn34)cc2NC2CC2)s1. The number of nitrogens with one attached hydrogen (secondary N) is 1. The molecule has 0 aromatic carbocycles. The van der Waals surface area contributed by atoms with Crippen molar-refractivity contribution >= 4 is 22.5 Å². The molecule has 150 valence electrons. The van der Waals surface area contributed by atoms with Crippen LogP contribution in [0.3, 0.4) is 0 Å². The lowest BCUT2D eigenvalue weighted by Crippen LogP contribution is -2.04. The first kappa shape index (κ1) is 18.7. The summed E-state index contributed by atoms with van der Waals surface area (Å²) in [5, 5.41) is 28.0. The van der Waals surface area contributed by atoms with Gasteiger partial charge in [0.25, 0.3) is 0 Å². The van der Waals surface area contributed by atoms with E-state index in [9.17, 15) is 0 Å². The summed E-state index contributed by atoms with van der Waals surface area (Å²) in [6.07, 6.45) is 6.85. The van der Waals surface area contributed by atoms with Gasteiger partial charge in [0.05, 0.1) is 34.2 Å². The molecule has 7 nitrogen and oxygen atoms in total. The van der Waals surface area contributed by atoms with Crippen LogP contribution < -0.4 is 5.32 Å². The average Bonchev–Trinajstić information content (AvgIpc) is 3.28. The van der Waals surface area contributed by atoms with Crippen molar-refractivity contribution in [1.82, 2.24) is 24.8 Å². The molecule has 8 heteroatoms. The fourth-order valence-corrected chi connectivity index (χ4v) is 4.31. The van der Waals surface area contributed by atoms with Gasteiger partial charge in [-0.25, -0.2) is 4.52 Å². The summed E-state index contributed by atoms with van der Waals surface area (Å²) < 4.78 is 1.82. The maximum absolute atomic E-state index is 9.11. The third-order valence-corrected chi connectivity index (χ3v) is 6.63. The summed E-state index contributed by atoms with van der Waals surface area (Å²) in [5.74, 6) is 0.403. The number of nitrogens with zero attached hydrogens (tertiary/aromatic N) is 6. The van der Waals surface area contributed by atoms with Gasteiger partial charge in [-0.2, -0.15) is 10.4 Å². The predicted molar refractivity (Wildman–Crippen MR) is 117 cm³/mol. The molecule has 5 rings (SSSR count). The molecule has 1 saturated carbocycles. The van der Waals surface area contributed by atoms with E-state index < -0.39 is 0 Å². The van der Waals surface area contributed by atoms with Gasteiger partial charge in [-0.3, -0.25) is 4.98 Å². The third kappa shape index (κ3) is 3.42. The minimum absolute atomic E-state index is 0.403. The van der Waals surface area contributed by atoms with Crippen LogP contribution in [0.25, 0.3) is 27.5 Å². The zero-order valence-electron chi connectivity index (χ0n) is 16.8. The standard InChI is InChI=1S/C22H21N7S/c1-3-13(2)21-27-28-22(30-21)17-12-24-19(9-18(17)26-15-4-5-15)20-7-6-16-8-14(10-23)11-25-29(16)20/h6-9,11-13,15H,3-5H2,1-2H3,(H,24,26). The Balaban J connectivity index is 1.57. The van der Waals surface area contributed by atoms with Gasteiger partial charge in [0.15, 0.2) is 5.01 Å². The molecule has 1 unspecified atom stereocenters. The van der Waals surface area contributed by atoms with E-state index in [1.54, 1.807) is 17.5 Å². The molecule has 0 spiro atoms. The van der Waals surface area contributed by atoms with Crippen LogP contribution in [0.1, 0.15) is 49.6 Å². The first-order valence-corrected chi connectivity index (χ1v) is 11.0. The van der Waals surface area contributed by atoms with Crippen LogP contribution in [-0.4, -0.2) is 30.8 Å². The van der Waals surface area contributed by atoms with Gasteiger partial charge in [0.2, 0.25) is 0 Å². The highest BCUT2D eigenvalue weighted by Gasteiger charge is 2.24. The van der Waals surface area contributed by atoms with Gasteiger partial charge in [-0.1, -0.05) is 25.2 Å². The summed E-state index contributed by atoms with van der Waals surface area (Å²) in [6, 6.07) is 10.5. The van der Waals surface area contributed by atoms with Crippen LogP contribution in [0.15, 0.2) is 36.7 Å². The molecule has 1 fully saturated rings. The van der Waals surface area contributed by atoms with Crippen LogP contribution in [-0.2, 0) is 0 Å². The molecule has 0 bridgehead atoms. The van der Waals surface area contributed by atoms with E-state index in [1.165, 1.54) is 12.8 Å². The van der Waals surface area contributed by atoms with Crippen molar-refractivity contribution in [1.29, 1.82) is 5.26 Å². The minimum atomic E-state index is 0.403. The Bertz CT molecular complexity index is 1260. The number of aromatic nitrogens is 5. The van der Waals surface area contributed by atoms with Crippen molar-refractivity contribution < 1.29 is 0 Å². The third-order valence-electron chi connectivity index (χ3n) is 5.44. The quantitative estimate of drug-likeness (QED) is 0.483. The van der Waals surface area contributed by atoms with Gasteiger partial charge in [-0.15, -0.1) is 10.2 Å². The lowest BCUT2D eigenvalue weighted by atomic mass is 10.1. The van der Waals surface area contributed by atoms with Crippen LogP contribution in [0.2, 0.25) is 0 Å². The number of nitriles is 1. The predicted octanol–water partition coefficient (Wildman–Crippen LogP) is 4.87. The molecule has 4 heterocycles. The fraction of sp³-hybridized carbons (Fsp3) is 0.318. The van der Waals surface area contributed by atoms with Crippen molar-refractivity contribution in [3.8, 4) is 28.0 Å². The lowest BCUT2D eigenvalue weighted by Gasteiger charge is -2.11. The number of hydrogen-bond donors (Lipinski definition) is 1. The van der Waals surface area contributed by atoms with E-state index in [4.69, 9.17) is 10.2 Å². The lowest BCUT2D eigenvalue weighted by molar-refractivity contribution is 0.715. The van der Waals surface area contributed by atoms with Crippen molar-refractivity contribution in [3.05, 3.63) is 47.2 Å². The van der Waals surface area contributed by atoms with E-state index in [-0.39, 0.29) is 0 Å². The molecule has 1 atom stereocenters. The highest BCUT2D eigenvalue weighted by molar-refractivity contribution is 7.14. The van der Waals surface area contributed by atoms with Crippen molar-refractivity contribution in [2.75, 3.05) is 5.32 Å². The Morgan fingerprint density at radius 1 is 1.27 bits per heavy atom. The van der Waals surface area contributed by atoms with E-state index in [0.29, 0.717) is 17.5 Å². The zero-order chi connectivity index (χ0) is 20.7. The fourth-order valence-electron chi connectivity index (χ4n) is 3.30. The van der Waals surface area contributed by atoms with Crippen LogP contribution in [0, 0.1) is 11.3 Å². The Labute approximate surface area is 178 Å². The summed E-state index contributed by atoms with van der Waals surface area (Å²) in [4.78, 5) is 4.73. The van der Waals surface area contributed by atoms with Crippen molar-refractivity contribution in [2.45, 2.75) is 45.1 Å². The van der Waals surface area contributed by atoms with Crippen LogP contribution in [0.4, 0.5) is 5.69 Å². The molecule has 0 radical (unpaired) electrons. The molecule has 4 aromatic heterocycles. The highest BCUT2D eigenvalue weighted by atomic mass is 32.1. The normalized spacial score (nSPS) is 14.6. The number of hydrogen-bond acceptors (Lipinski definition) is 7.